The van der Waals surface area contributed by atoms with E-state index in [-0.39, 0.29) is 11.9 Å². The van der Waals surface area contributed by atoms with Crippen molar-refractivity contribution in [3.8, 4) is 11.4 Å². The number of imidazole rings is 1. The van der Waals surface area contributed by atoms with E-state index in [0.717, 1.165) is 17.1 Å². The summed E-state index contributed by atoms with van der Waals surface area (Å²) in [6.07, 6.45) is 3.48. The van der Waals surface area contributed by atoms with Gasteiger partial charge in [0.05, 0.1) is 23.8 Å². The number of nitrogens with zero attached hydrogens (tertiary/aromatic N) is 2. The van der Waals surface area contributed by atoms with E-state index in [2.05, 4.69) is 15.0 Å². The Kier molecular flexibility index (Phi) is 3.75. The molecular weight excluding hydrogens is 267 g/mol. The third kappa shape index (κ3) is 3.14. The van der Waals surface area contributed by atoms with Gasteiger partial charge in [0.1, 0.15) is 11.6 Å². The van der Waals surface area contributed by atoms with Gasteiger partial charge in [-0.25, -0.2) is 9.37 Å². The first kappa shape index (κ1) is 13.5. The molecule has 0 fully saturated rings. The van der Waals surface area contributed by atoms with Crippen molar-refractivity contribution in [3.05, 3.63) is 72.1 Å². The molecule has 2 aromatic heterocycles. The zero-order valence-corrected chi connectivity index (χ0v) is 11.3. The summed E-state index contributed by atoms with van der Waals surface area (Å²) in [5.74, 6) is 0.428. The van der Waals surface area contributed by atoms with Crippen molar-refractivity contribution in [1.29, 1.82) is 0 Å². The van der Waals surface area contributed by atoms with Crippen LogP contribution >= 0.6 is 0 Å². The summed E-state index contributed by atoms with van der Waals surface area (Å²) in [4.78, 5) is 11.5. The van der Waals surface area contributed by atoms with E-state index in [9.17, 15) is 4.39 Å². The fourth-order valence-corrected chi connectivity index (χ4v) is 2.16. The number of halogens is 1. The summed E-state index contributed by atoms with van der Waals surface area (Å²) in [6, 6.07) is 12.7. The maximum absolute atomic E-state index is 12.9. The smallest absolute Gasteiger partial charge is 0.141 e. The largest absolute Gasteiger partial charge is 0.341 e. The number of pyridine rings is 1. The molecule has 0 aliphatic rings. The van der Waals surface area contributed by atoms with Crippen molar-refractivity contribution < 1.29 is 4.39 Å². The lowest BCUT2D eigenvalue weighted by atomic mass is 10.0. The first-order valence-electron chi connectivity index (χ1n) is 6.69. The van der Waals surface area contributed by atoms with E-state index in [1.54, 1.807) is 12.3 Å². The molecule has 21 heavy (non-hydrogen) atoms. The molecule has 0 aliphatic carbocycles. The average Bonchev–Trinajstić information content (AvgIpc) is 2.97. The molecule has 1 aromatic carbocycles. The van der Waals surface area contributed by atoms with Crippen LogP contribution in [0.1, 0.15) is 17.4 Å². The first-order valence-corrected chi connectivity index (χ1v) is 6.69. The van der Waals surface area contributed by atoms with Gasteiger partial charge in [0.15, 0.2) is 0 Å². The summed E-state index contributed by atoms with van der Waals surface area (Å²) in [5.41, 5.74) is 8.65. The zero-order valence-electron chi connectivity index (χ0n) is 11.3. The topological polar surface area (TPSA) is 67.6 Å². The number of nitrogens with one attached hydrogen (secondary N) is 1. The Morgan fingerprint density at radius 1 is 1.05 bits per heavy atom. The lowest BCUT2D eigenvalue weighted by Gasteiger charge is -2.09. The molecule has 0 amide bonds. The van der Waals surface area contributed by atoms with Crippen molar-refractivity contribution in [1.82, 2.24) is 15.0 Å². The van der Waals surface area contributed by atoms with Crippen LogP contribution in [-0.4, -0.2) is 15.0 Å². The van der Waals surface area contributed by atoms with E-state index >= 15 is 0 Å². The highest BCUT2D eigenvalue weighted by Gasteiger charge is 2.10. The maximum Gasteiger partial charge on any atom is 0.141 e. The molecule has 0 aliphatic heterocycles. The van der Waals surface area contributed by atoms with Crippen molar-refractivity contribution in [2.75, 3.05) is 0 Å². The molecule has 3 rings (SSSR count). The predicted octanol–water partition coefficient (Wildman–Crippen LogP) is 2.85. The van der Waals surface area contributed by atoms with Crippen molar-refractivity contribution in [2.24, 2.45) is 5.73 Å². The van der Waals surface area contributed by atoms with Gasteiger partial charge in [-0.2, -0.15) is 0 Å². The van der Waals surface area contributed by atoms with Crippen LogP contribution in [0.5, 0.6) is 0 Å². The minimum absolute atomic E-state index is 0.119. The van der Waals surface area contributed by atoms with Gasteiger partial charge in [-0.1, -0.05) is 30.3 Å². The lowest BCUT2D eigenvalue weighted by molar-refractivity contribution is 0.622. The zero-order chi connectivity index (χ0) is 14.7. The summed E-state index contributed by atoms with van der Waals surface area (Å²) in [7, 11) is 0. The van der Waals surface area contributed by atoms with E-state index in [4.69, 9.17) is 5.73 Å². The van der Waals surface area contributed by atoms with E-state index in [1.807, 2.05) is 30.3 Å². The van der Waals surface area contributed by atoms with Gasteiger partial charge in [-0.05, 0) is 17.7 Å². The van der Waals surface area contributed by atoms with Crippen LogP contribution < -0.4 is 5.73 Å². The van der Waals surface area contributed by atoms with E-state index in [1.165, 1.54) is 12.3 Å². The summed E-state index contributed by atoms with van der Waals surface area (Å²) >= 11 is 0. The second-order valence-corrected chi connectivity index (χ2v) is 4.83. The van der Waals surface area contributed by atoms with E-state index in [0.29, 0.717) is 12.1 Å². The number of aromatic amines is 1. The molecule has 5 heteroatoms. The number of benzene rings is 1. The molecule has 4 nitrogen and oxygen atoms in total. The Hall–Kier alpha value is -2.53. The van der Waals surface area contributed by atoms with Crippen LogP contribution in [0.4, 0.5) is 4.39 Å². The Balaban J connectivity index is 1.75. The molecule has 0 spiro atoms. The van der Waals surface area contributed by atoms with Crippen molar-refractivity contribution in [2.45, 2.75) is 12.5 Å². The van der Waals surface area contributed by atoms with Crippen molar-refractivity contribution in [3.63, 3.8) is 0 Å². The lowest BCUT2D eigenvalue weighted by Crippen LogP contribution is -2.13. The molecule has 3 aromatic rings. The van der Waals surface area contributed by atoms with Gasteiger partial charge < -0.3 is 10.7 Å². The standard InChI is InChI=1S/C16H15FN4/c17-12-6-7-14(19-9-12)15-10-20-16(21-15)8-13(18)11-4-2-1-3-5-11/h1-7,9-10,13H,8,18H2,(H,20,21). The van der Waals surface area contributed by atoms with Crippen LogP contribution in [-0.2, 0) is 6.42 Å². The number of rotatable bonds is 4. The summed E-state index contributed by atoms with van der Waals surface area (Å²) in [6.45, 7) is 0. The minimum Gasteiger partial charge on any atom is -0.341 e. The second kappa shape index (κ2) is 5.85. The van der Waals surface area contributed by atoms with Gasteiger partial charge in [0.2, 0.25) is 0 Å². The quantitative estimate of drug-likeness (QED) is 0.773. The highest BCUT2D eigenvalue weighted by atomic mass is 19.1. The number of nitrogens with two attached hydrogens (primary N) is 1. The van der Waals surface area contributed by atoms with Gasteiger partial charge in [0.25, 0.3) is 0 Å². The summed E-state index contributed by atoms with van der Waals surface area (Å²) in [5, 5.41) is 0. The highest BCUT2D eigenvalue weighted by Crippen LogP contribution is 2.18. The summed E-state index contributed by atoms with van der Waals surface area (Å²) < 4.78 is 12.9. The van der Waals surface area contributed by atoms with E-state index < -0.39 is 0 Å². The molecule has 0 bridgehead atoms. The van der Waals surface area contributed by atoms with Gasteiger partial charge in [-0.3, -0.25) is 4.98 Å². The SMILES string of the molecule is NC(Cc1ncc(-c2ccc(F)cn2)[nH]1)c1ccccc1. The first-order chi connectivity index (χ1) is 10.2. The molecule has 0 saturated carbocycles. The normalized spacial score (nSPS) is 12.3. The van der Waals surface area contributed by atoms with Crippen LogP contribution in [0.3, 0.4) is 0 Å². The third-order valence-corrected chi connectivity index (χ3v) is 3.27. The highest BCUT2D eigenvalue weighted by molar-refractivity contribution is 5.52. The second-order valence-electron chi connectivity index (χ2n) is 4.83. The molecule has 3 N–H and O–H groups in total. The minimum atomic E-state index is -0.357. The molecule has 1 unspecified atom stereocenters. The van der Waals surface area contributed by atoms with Crippen LogP contribution in [0.15, 0.2) is 54.9 Å². The van der Waals surface area contributed by atoms with Gasteiger partial charge >= 0.3 is 0 Å². The monoisotopic (exact) mass is 282 g/mol. The number of H-pyrrole nitrogens is 1. The molecular formula is C16H15FN4. The van der Waals surface area contributed by atoms with Crippen LogP contribution in [0.2, 0.25) is 0 Å². The molecule has 0 saturated heterocycles. The third-order valence-electron chi connectivity index (χ3n) is 3.27. The maximum atomic E-state index is 12.9. The predicted molar refractivity (Wildman–Crippen MR) is 78.9 cm³/mol. The van der Waals surface area contributed by atoms with Gasteiger partial charge in [0, 0.05) is 12.5 Å². The Morgan fingerprint density at radius 3 is 2.57 bits per heavy atom. The molecule has 2 heterocycles. The number of hydrogen-bond donors (Lipinski definition) is 2. The van der Waals surface area contributed by atoms with Gasteiger partial charge in [-0.15, -0.1) is 0 Å². The Labute approximate surface area is 121 Å². The van der Waals surface area contributed by atoms with Crippen LogP contribution in [0, 0.1) is 5.82 Å². The Bertz CT molecular complexity index is 707. The fraction of sp³-hybridized carbons (Fsp3) is 0.125. The molecule has 0 radical (unpaired) electrons. The van der Waals surface area contributed by atoms with Crippen molar-refractivity contribution >= 4 is 0 Å². The fourth-order valence-electron chi connectivity index (χ4n) is 2.16. The molecule has 1 atom stereocenters. The number of aromatic nitrogens is 3. The number of hydrogen-bond acceptors (Lipinski definition) is 3. The molecule has 106 valence electrons. The average molecular weight is 282 g/mol. The van der Waals surface area contributed by atoms with Crippen LogP contribution in [0.25, 0.3) is 11.4 Å². The Morgan fingerprint density at radius 2 is 1.86 bits per heavy atom.